The molecule has 26 heavy (non-hydrogen) atoms. The van der Waals surface area contributed by atoms with Crippen LogP contribution in [0.25, 0.3) is 0 Å². The van der Waals surface area contributed by atoms with Crippen LogP contribution in [-0.4, -0.2) is 42.3 Å². The Balaban J connectivity index is 3.00. The van der Waals surface area contributed by atoms with E-state index in [2.05, 4.69) is 5.32 Å². The van der Waals surface area contributed by atoms with Gasteiger partial charge in [-0.05, 0) is 19.3 Å². The second-order valence-electron chi connectivity index (χ2n) is 6.28. The van der Waals surface area contributed by atoms with Gasteiger partial charge in [-0.1, -0.05) is 33.6 Å². The van der Waals surface area contributed by atoms with E-state index in [-0.39, 0.29) is 25.9 Å². The van der Waals surface area contributed by atoms with E-state index in [0.29, 0.717) is 19.3 Å². The minimum Gasteiger partial charge on any atom is -0.461 e. The van der Waals surface area contributed by atoms with Gasteiger partial charge < -0.3 is 19.5 Å². The smallest absolute Gasteiger partial charge is 0.376 e. The Morgan fingerprint density at radius 1 is 1.04 bits per heavy atom. The van der Waals surface area contributed by atoms with Crippen molar-refractivity contribution in [2.24, 2.45) is 0 Å². The molecule has 1 N–H and O–H groups in total. The second-order valence-corrected chi connectivity index (χ2v) is 6.28. The largest absolute Gasteiger partial charge is 0.461 e. The predicted octanol–water partition coefficient (Wildman–Crippen LogP) is 1.99. The maximum atomic E-state index is 12.6. The van der Waals surface area contributed by atoms with Crippen molar-refractivity contribution in [2.75, 3.05) is 6.61 Å². The van der Waals surface area contributed by atoms with Crippen LogP contribution >= 0.6 is 0 Å². The highest BCUT2D eigenvalue weighted by Gasteiger charge is 2.59. The van der Waals surface area contributed by atoms with E-state index in [0.717, 1.165) is 12.8 Å². The average molecular weight is 371 g/mol. The summed E-state index contributed by atoms with van der Waals surface area (Å²) in [6.07, 6.45) is 2.06. The number of esters is 3. The minimum atomic E-state index is -2.11. The summed E-state index contributed by atoms with van der Waals surface area (Å²) in [5, 5.41) is 2.36. The molecule has 0 saturated carbocycles. The molecule has 1 saturated heterocycles. The SMILES string of the molecule is CCCCC(=O)OC1CC(=O)N[C@]1(OC(=O)CCCC)C(=O)OCCC. The number of rotatable bonds is 11. The Morgan fingerprint density at radius 3 is 2.23 bits per heavy atom. The van der Waals surface area contributed by atoms with Crippen LogP contribution in [0.15, 0.2) is 0 Å². The Labute approximate surface area is 153 Å². The number of nitrogens with one attached hydrogen (secondary N) is 1. The number of ether oxygens (including phenoxy) is 3. The maximum absolute atomic E-state index is 12.6. The summed E-state index contributed by atoms with van der Waals surface area (Å²) in [5.41, 5.74) is -2.11. The zero-order chi connectivity index (χ0) is 19.6. The fourth-order valence-corrected chi connectivity index (χ4v) is 2.48. The van der Waals surface area contributed by atoms with Gasteiger partial charge in [-0.15, -0.1) is 0 Å². The summed E-state index contributed by atoms with van der Waals surface area (Å²) in [7, 11) is 0. The molecule has 0 aromatic heterocycles. The Kier molecular flexibility index (Phi) is 9.09. The van der Waals surface area contributed by atoms with Crippen LogP contribution in [0.3, 0.4) is 0 Å². The lowest BCUT2D eigenvalue weighted by molar-refractivity contribution is -0.203. The van der Waals surface area contributed by atoms with Gasteiger partial charge in [0.1, 0.15) is 0 Å². The molecule has 1 amide bonds. The summed E-state index contributed by atoms with van der Waals surface area (Å²) >= 11 is 0. The first-order valence-corrected chi connectivity index (χ1v) is 9.29. The van der Waals surface area contributed by atoms with Crippen molar-refractivity contribution in [3.8, 4) is 0 Å². The predicted molar refractivity (Wildman–Crippen MR) is 91.8 cm³/mol. The zero-order valence-electron chi connectivity index (χ0n) is 15.8. The van der Waals surface area contributed by atoms with Crippen molar-refractivity contribution in [1.29, 1.82) is 0 Å². The molecule has 1 aliphatic heterocycles. The third-order valence-electron chi connectivity index (χ3n) is 3.91. The molecule has 2 atom stereocenters. The first-order chi connectivity index (χ1) is 12.4. The summed E-state index contributed by atoms with van der Waals surface area (Å²) in [4.78, 5) is 48.6. The number of hydrogen-bond donors (Lipinski definition) is 1. The molecular formula is C18H29NO7. The third kappa shape index (κ3) is 6.00. The Hall–Kier alpha value is -2.12. The second kappa shape index (κ2) is 10.8. The summed E-state index contributed by atoms with van der Waals surface area (Å²) in [5.74, 6) is -2.68. The van der Waals surface area contributed by atoms with Crippen LogP contribution in [0.2, 0.25) is 0 Å². The number of amides is 1. The molecule has 0 aliphatic carbocycles. The van der Waals surface area contributed by atoms with Gasteiger partial charge in [0.25, 0.3) is 0 Å². The normalized spacial score (nSPS) is 21.8. The first-order valence-electron chi connectivity index (χ1n) is 9.29. The number of hydrogen-bond acceptors (Lipinski definition) is 7. The molecule has 1 unspecified atom stereocenters. The highest BCUT2D eigenvalue weighted by Crippen LogP contribution is 2.29. The van der Waals surface area contributed by atoms with E-state index in [1.54, 1.807) is 0 Å². The van der Waals surface area contributed by atoms with Crippen molar-refractivity contribution in [3.63, 3.8) is 0 Å². The Bertz CT molecular complexity index is 520. The molecule has 1 aliphatic rings. The fourth-order valence-electron chi connectivity index (χ4n) is 2.48. The monoisotopic (exact) mass is 371 g/mol. The van der Waals surface area contributed by atoms with Crippen molar-refractivity contribution < 1.29 is 33.4 Å². The van der Waals surface area contributed by atoms with Crippen LogP contribution in [0.5, 0.6) is 0 Å². The van der Waals surface area contributed by atoms with E-state index < -0.39 is 35.6 Å². The van der Waals surface area contributed by atoms with Gasteiger partial charge in [0, 0.05) is 12.8 Å². The quantitative estimate of drug-likeness (QED) is 0.437. The maximum Gasteiger partial charge on any atom is 0.376 e. The number of carbonyl (C=O) groups is 4. The molecule has 8 nitrogen and oxygen atoms in total. The van der Waals surface area contributed by atoms with E-state index >= 15 is 0 Å². The molecule has 0 aromatic rings. The molecule has 0 bridgehead atoms. The zero-order valence-corrected chi connectivity index (χ0v) is 15.8. The van der Waals surface area contributed by atoms with E-state index in [1.165, 1.54) is 0 Å². The first kappa shape index (κ1) is 21.9. The van der Waals surface area contributed by atoms with Crippen LogP contribution in [0, 0.1) is 0 Å². The Morgan fingerprint density at radius 2 is 1.65 bits per heavy atom. The molecule has 148 valence electrons. The molecular weight excluding hydrogens is 342 g/mol. The van der Waals surface area contributed by atoms with Crippen LogP contribution in [0.1, 0.15) is 72.1 Å². The van der Waals surface area contributed by atoms with Gasteiger partial charge in [-0.25, -0.2) is 4.79 Å². The van der Waals surface area contributed by atoms with Crippen molar-refractivity contribution in [2.45, 2.75) is 84.0 Å². The number of unbranched alkanes of at least 4 members (excludes halogenated alkanes) is 2. The van der Waals surface area contributed by atoms with Crippen molar-refractivity contribution in [3.05, 3.63) is 0 Å². The van der Waals surface area contributed by atoms with Gasteiger partial charge in [0.15, 0.2) is 6.10 Å². The molecule has 0 radical (unpaired) electrons. The topological polar surface area (TPSA) is 108 Å². The van der Waals surface area contributed by atoms with E-state index in [9.17, 15) is 19.2 Å². The van der Waals surface area contributed by atoms with Crippen LogP contribution < -0.4 is 5.32 Å². The van der Waals surface area contributed by atoms with Crippen molar-refractivity contribution >= 4 is 23.8 Å². The third-order valence-corrected chi connectivity index (χ3v) is 3.91. The summed E-state index contributed by atoms with van der Waals surface area (Å²) in [6, 6.07) is 0. The molecule has 1 rings (SSSR count). The lowest BCUT2D eigenvalue weighted by Crippen LogP contribution is -2.60. The molecule has 1 heterocycles. The molecule has 0 aromatic carbocycles. The van der Waals surface area contributed by atoms with Gasteiger partial charge in [0.2, 0.25) is 5.91 Å². The van der Waals surface area contributed by atoms with Crippen molar-refractivity contribution in [1.82, 2.24) is 5.32 Å². The standard InChI is InChI=1S/C18H29NO7/c1-4-7-9-15(21)25-13-12-14(20)19-18(13,17(23)24-11-6-3)26-16(22)10-8-5-2/h13H,4-12H2,1-3H3,(H,19,20)/t13?,18-/m1/s1. The van der Waals surface area contributed by atoms with Crippen LogP contribution in [0.4, 0.5) is 0 Å². The van der Waals surface area contributed by atoms with E-state index in [1.807, 2.05) is 20.8 Å². The molecule has 1 fully saturated rings. The van der Waals surface area contributed by atoms with Crippen LogP contribution in [-0.2, 0) is 33.4 Å². The fraction of sp³-hybridized carbons (Fsp3) is 0.778. The molecule has 0 spiro atoms. The summed E-state index contributed by atoms with van der Waals surface area (Å²) < 4.78 is 15.7. The lowest BCUT2D eigenvalue weighted by atomic mass is 10.1. The number of carbonyl (C=O) groups excluding carboxylic acids is 4. The average Bonchev–Trinajstić information content (AvgIpc) is 2.91. The highest BCUT2D eigenvalue weighted by atomic mass is 16.6. The minimum absolute atomic E-state index is 0.0890. The lowest BCUT2D eigenvalue weighted by Gasteiger charge is -2.31. The van der Waals surface area contributed by atoms with Gasteiger partial charge in [-0.3, -0.25) is 14.4 Å². The molecule has 8 heteroatoms. The van der Waals surface area contributed by atoms with Gasteiger partial charge in [-0.2, -0.15) is 0 Å². The summed E-state index contributed by atoms with van der Waals surface area (Å²) in [6.45, 7) is 5.74. The highest BCUT2D eigenvalue weighted by molar-refractivity contribution is 5.94. The van der Waals surface area contributed by atoms with E-state index in [4.69, 9.17) is 14.2 Å². The van der Waals surface area contributed by atoms with Gasteiger partial charge >= 0.3 is 23.6 Å². The van der Waals surface area contributed by atoms with Gasteiger partial charge in [0.05, 0.1) is 13.0 Å².